The summed E-state index contributed by atoms with van der Waals surface area (Å²) in [7, 11) is 0. The van der Waals surface area contributed by atoms with E-state index in [0.29, 0.717) is 25.8 Å². The predicted molar refractivity (Wildman–Crippen MR) is 146 cm³/mol. The summed E-state index contributed by atoms with van der Waals surface area (Å²) < 4.78 is 5.97. The van der Waals surface area contributed by atoms with Gasteiger partial charge in [0.2, 0.25) is 5.72 Å². The molecule has 0 fully saturated rings. The van der Waals surface area contributed by atoms with Gasteiger partial charge in [0.15, 0.2) is 5.78 Å². The predicted octanol–water partition coefficient (Wildman–Crippen LogP) is 9.05. The zero-order valence-corrected chi connectivity index (χ0v) is 23.5. The highest BCUT2D eigenvalue weighted by Crippen LogP contribution is 2.23. The van der Waals surface area contributed by atoms with Gasteiger partial charge in [0.25, 0.3) is 0 Å². The summed E-state index contributed by atoms with van der Waals surface area (Å²) >= 11 is 0. The lowest BCUT2D eigenvalue weighted by Crippen LogP contribution is -2.55. The molecule has 0 bridgehead atoms. The Bertz CT molecular complexity index is 480. The molecule has 4 heteroatoms. The monoisotopic (exact) mass is 481 g/mol. The molecule has 0 heterocycles. The summed E-state index contributed by atoms with van der Waals surface area (Å²) in [5.41, 5.74) is -1.12. The molecule has 0 aromatic rings. The lowest BCUT2D eigenvalue weighted by Gasteiger charge is -2.33. The van der Waals surface area contributed by atoms with Crippen molar-refractivity contribution >= 4 is 11.8 Å². The number of likely N-dealkylation sites (N-methyl/N-ethyl adjacent to an activating group) is 1. The first kappa shape index (κ1) is 33.1. The highest BCUT2D eigenvalue weighted by molar-refractivity contribution is 5.89. The van der Waals surface area contributed by atoms with E-state index in [1.54, 1.807) is 0 Å². The molecule has 0 amide bonds. The molecule has 4 nitrogen and oxygen atoms in total. The molecule has 1 atom stereocenters. The Morgan fingerprint density at radius 2 is 0.971 bits per heavy atom. The molecule has 0 aliphatic heterocycles. The van der Waals surface area contributed by atoms with E-state index in [1.165, 1.54) is 77.0 Å². The van der Waals surface area contributed by atoms with Gasteiger partial charge in [-0.25, -0.2) is 0 Å². The van der Waals surface area contributed by atoms with Crippen LogP contribution in [-0.2, 0) is 14.3 Å². The molecule has 0 rings (SSSR count). The van der Waals surface area contributed by atoms with Crippen LogP contribution < -0.4 is 5.32 Å². The summed E-state index contributed by atoms with van der Waals surface area (Å²) in [6, 6.07) is 0. The molecule has 34 heavy (non-hydrogen) atoms. The van der Waals surface area contributed by atoms with Crippen molar-refractivity contribution < 1.29 is 14.3 Å². The minimum absolute atomic E-state index is 0.0707. The standard InChI is InChI=1S/C30H59NO3/c1-5-9-12-14-16-17-19-20-22-25-28(32)30(31-8-4,27-24-11-7-3)34-29(33)26-23-21-18-15-13-10-6-2/h31H,5-27H2,1-4H3. The SMILES string of the molecule is CCCCCCCCCCCC(=O)C(CCCCC)(NCC)OC(=O)CCCCCCCCC. The fourth-order valence-corrected chi connectivity index (χ4v) is 4.65. The second-order valence-corrected chi connectivity index (χ2v) is 10.2. The summed E-state index contributed by atoms with van der Waals surface area (Å²) in [5, 5.41) is 3.30. The number of carbonyl (C=O) groups is 2. The Morgan fingerprint density at radius 3 is 1.44 bits per heavy atom. The summed E-state index contributed by atoms with van der Waals surface area (Å²) in [6.45, 7) is 9.25. The first-order chi connectivity index (χ1) is 16.6. The van der Waals surface area contributed by atoms with E-state index in [4.69, 9.17) is 4.74 Å². The lowest BCUT2D eigenvalue weighted by molar-refractivity contribution is -0.173. The van der Waals surface area contributed by atoms with Crippen molar-refractivity contribution in [2.45, 2.75) is 175 Å². The molecule has 1 N–H and O–H groups in total. The Labute approximate surface area is 212 Å². The van der Waals surface area contributed by atoms with Crippen molar-refractivity contribution in [1.29, 1.82) is 0 Å². The number of carbonyl (C=O) groups excluding carboxylic acids is 2. The minimum atomic E-state index is -1.12. The maximum Gasteiger partial charge on any atom is 0.307 e. The quantitative estimate of drug-likeness (QED) is 0.0760. The van der Waals surface area contributed by atoms with E-state index in [2.05, 4.69) is 26.1 Å². The van der Waals surface area contributed by atoms with Crippen LogP contribution in [0.4, 0.5) is 0 Å². The third-order valence-electron chi connectivity index (χ3n) is 6.83. The van der Waals surface area contributed by atoms with E-state index < -0.39 is 5.72 Å². The van der Waals surface area contributed by atoms with Gasteiger partial charge in [0.05, 0.1) is 0 Å². The molecule has 0 spiro atoms. The molecular formula is C30H59NO3. The van der Waals surface area contributed by atoms with Gasteiger partial charge < -0.3 is 4.74 Å². The van der Waals surface area contributed by atoms with Crippen LogP contribution in [0.1, 0.15) is 169 Å². The fraction of sp³-hybridized carbons (Fsp3) is 0.933. The van der Waals surface area contributed by atoms with Gasteiger partial charge in [-0.1, -0.05) is 130 Å². The van der Waals surface area contributed by atoms with Crippen LogP contribution in [0.2, 0.25) is 0 Å². The number of nitrogens with one attached hydrogen (secondary N) is 1. The topological polar surface area (TPSA) is 55.4 Å². The minimum Gasteiger partial charge on any atom is -0.436 e. The van der Waals surface area contributed by atoms with Crippen molar-refractivity contribution in [3.05, 3.63) is 0 Å². The van der Waals surface area contributed by atoms with Crippen LogP contribution in [0, 0.1) is 0 Å². The van der Waals surface area contributed by atoms with Crippen LogP contribution in [0.3, 0.4) is 0 Å². The van der Waals surface area contributed by atoms with Gasteiger partial charge in [0, 0.05) is 19.3 Å². The fourth-order valence-electron chi connectivity index (χ4n) is 4.65. The molecule has 0 aromatic carbocycles. The largest absolute Gasteiger partial charge is 0.436 e. The van der Waals surface area contributed by atoms with E-state index in [1.807, 2.05) is 6.92 Å². The van der Waals surface area contributed by atoms with Gasteiger partial charge in [-0.15, -0.1) is 0 Å². The number of rotatable bonds is 26. The molecular weight excluding hydrogens is 422 g/mol. The van der Waals surface area contributed by atoms with Crippen LogP contribution in [0.15, 0.2) is 0 Å². The molecule has 0 aliphatic rings. The van der Waals surface area contributed by atoms with Crippen molar-refractivity contribution in [3.8, 4) is 0 Å². The average Bonchev–Trinajstić information content (AvgIpc) is 2.82. The number of Topliss-reactive ketones (excluding diaryl/α,β-unsaturated/α-hetero) is 1. The number of hydrogen-bond acceptors (Lipinski definition) is 4. The zero-order valence-electron chi connectivity index (χ0n) is 23.5. The van der Waals surface area contributed by atoms with Gasteiger partial charge in [0.1, 0.15) is 0 Å². The van der Waals surface area contributed by atoms with Crippen LogP contribution >= 0.6 is 0 Å². The summed E-state index contributed by atoms with van der Waals surface area (Å²) in [6.07, 6.45) is 23.8. The van der Waals surface area contributed by atoms with Crippen molar-refractivity contribution in [2.24, 2.45) is 0 Å². The molecule has 0 aromatic heterocycles. The third-order valence-corrected chi connectivity index (χ3v) is 6.83. The van der Waals surface area contributed by atoms with E-state index in [-0.39, 0.29) is 11.8 Å². The highest BCUT2D eigenvalue weighted by Gasteiger charge is 2.40. The van der Waals surface area contributed by atoms with Crippen LogP contribution in [0.5, 0.6) is 0 Å². The van der Waals surface area contributed by atoms with Gasteiger partial charge >= 0.3 is 5.97 Å². The van der Waals surface area contributed by atoms with E-state index in [9.17, 15) is 9.59 Å². The number of esters is 1. The second-order valence-electron chi connectivity index (χ2n) is 10.2. The Balaban J connectivity index is 4.58. The Morgan fingerprint density at radius 1 is 0.559 bits per heavy atom. The smallest absolute Gasteiger partial charge is 0.307 e. The number of hydrogen-bond donors (Lipinski definition) is 1. The summed E-state index contributed by atoms with van der Waals surface area (Å²) in [4.78, 5) is 26.0. The van der Waals surface area contributed by atoms with Gasteiger partial charge in [-0.2, -0.15) is 0 Å². The maximum atomic E-state index is 13.3. The van der Waals surface area contributed by atoms with Crippen molar-refractivity contribution in [2.75, 3.05) is 6.54 Å². The third kappa shape index (κ3) is 17.5. The van der Waals surface area contributed by atoms with Gasteiger partial charge in [-0.3, -0.25) is 14.9 Å². The van der Waals surface area contributed by atoms with E-state index in [0.717, 1.165) is 44.9 Å². The molecule has 202 valence electrons. The normalized spacial score (nSPS) is 13.1. The number of unbranched alkanes of at least 4 members (excludes halogenated alkanes) is 16. The maximum absolute atomic E-state index is 13.3. The second kappa shape index (κ2) is 23.8. The Hall–Kier alpha value is -0.900. The molecule has 0 saturated carbocycles. The van der Waals surface area contributed by atoms with Gasteiger partial charge in [-0.05, 0) is 25.8 Å². The van der Waals surface area contributed by atoms with Crippen molar-refractivity contribution in [3.63, 3.8) is 0 Å². The number of ketones is 1. The zero-order chi connectivity index (χ0) is 25.3. The average molecular weight is 482 g/mol. The lowest BCUT2D eigenvalue weighted by atomic mass is 9.95. The van der Waals surface area contributed by atoms with E-state index >= 15 is 0 Å². The summed E-state index contributed by atoms with van der Waals surface area (Å²) in [5.74, 6) is -0.146. The Kier molecular flexibility index (Phi) is 23.2. The molecule has 1 unspecified atom stereocenters. The first-order valence-electron chi connectivity index (χ1n) is 15.1. The number of ether oxygens (including phenoxy) is 1. The van der Waals surface area contributed by atoms with Crippen molar-refractivity contribution in [1.82, 2.24) is 5.32 Å². The molecule has 0 saturated heterocycles. The van der Waals surface area contributed by atoms with Crippen LogP contribution in [-0.4, -0.2) is 24.0 Å². The highest BCUT2D eigenvalue weighted by atomic mass is 16.6. The molecule has 0 aliphatic carbocycles. The van der Waals surface area contributed by atoms with Crippen LogP contribution in [0.25, 0.3) is 0 Å². The first-order valence-corrected chi connectivity index (χ1v) is 15.1. The molecule has 0 radical (unpaired) electrons.